The van der Waals surface area contributed by atoms with Crippen LogP contribution < -0.4 is 5.56 Å². The number of halogens is 1. The number of rotatable bonds is 2. The molecule has 8 heteroatoms. The van der Waals surface area contributed by atoms with E-state index in [2.05, 4.69) is 15.2 Å². The van der Waals surface area contributed by atoms with Gasteiger partial charge in [-0.1, -0.05) is 29.8 Å². The predicted molar refractivity (Wildman–Crippen MR) is 109 cm³/mol. The Balaban J connectivity index is 1.36. The molecule has 29 heavy (non-hydrogen) atoms. The predicted octanol–water partition coefficient (Wildman–Crippen LogP) is 3.74. The van der Waals surface area contributed by atoms with Gasteiger partial charge >= 0.3 is 0 Å². The van der Waals surface area contributed by atoms with Crippen LogP contribution in [-0.2, 0) is 0 Å². The molecule has 2 aromatic carbocycles. The highest BCUT2D eigenvalue weighted by Crippen LogP contribution is 2.31. The molecule has 1 fully saturated rings. The van der Waals surface area contributed by atoms with E-state index in [-0.39, 0.29) is 23.1 Å². The first-order chi connectivity index (χ1) is 14.1. The maximum atomic E-state index is 13.0. The van der Waals surface area contributed by atoms with Crippen molar-refractivity contribution in [2.45, 2.75) is 18.8 Å². The molecule has 0 bridgehead atoms. The zero-order valence-electron chi connectivity index (χ0n) is 15.4. The molecule has 3 heterocycles. The van der Waals surface area contributed by atoms with Gasteiger partial charge in [0.1, 0.15) is 5.52 Å². The number of benzene rings is 2. The van der Waals surface area contributed by atoms with Crippen molar-refractivity contribution in [1.29, 1.82) is 0 Å². The topological polar surface area (TPSA) is 92.1 Å². The maximum Gasteiger partial charge on any atom is 0.274 e. The number of amides is 1. The summed E-state index contributed by atoms with van der Waals surface area (Å²) in [6.07, 6.45) is 1.49. The lowest BCUT2D eigenvalue weighted by molar-refractivity contribution is 0.0702. The molecule has 1 N–H and O–H groups in total. The fourth-order valence-electron chi connectivity index (χ4n) is 3.85. The number of likely N-dealkylation sites (tertiary alicyclic amines) is 1. The first kappa shape index (κ1) is 17.9. The highest BCUT2D eigenvalue weighted by molar-refractivity contribution is 6.31. The zero-order chi connectivity index (χ0) is 20.0. The van der Waals surface area contributed by atoms with Gasteiger partial charge in [0.2, 0.25) is 0 Å². The molecule has 1 aliphatic heterocycles. The van der Waals surface area contributed by atoms with Crippen molar-refractivity contribution in [3.63, 3.8) is 0 Å². The third kappa shape index (κ3) is 3.17. The van der Waals surface area contributed by atoms with Gasteiger partial charge in [-0.15, -0.1) is 0 Å². The first-order valence-electron chi connectivity index (χ1n) is 9.43. The number of aromatic nitrogens is 3. The summed E-state index contributed by atoms with van der Waals surface area (Å²) in [6, 6.07) is 12.4. The van der Waals surface area contributed by atoms with Crippen molar-refractivity contribution in [1.82, 2.24) is 20.1 Å². The largest absolute Gasteiger partial charge is 0.440 e. The summed E-state index contributed by atoms with van der Waals surface area (Å²) in [4.78, 5) is 31.3. The highest BCUT2D eigenvalue weighted by atomic mass is 35.5. The molecule has 1 aliphatic rings. The maximum absolute atomic E-state index is 13.0. The van der Waals surface area contributed by atoms with Crippen molar-refractivity contribution in [2.75, 3.05) is 13.1 Å². The summed E-state index contributed by atoms with van der Waals surface area (Å²) in [5.41, 5.74) is 1.43. The molecular formula is C21H17ClN4O3. The van der Waals surface area contributed by atoms with E-state index in [1.165, 1.54) is 0 Å². The monoisotopic (exact) mass is 408 g/mol. The third-order valence-electron chi connectivity index (χ3n) is 5.40. The minimum atomic E-state index is -0.299. The van der Waals surface area contributed by atoms with E-state index >= 15 is 0 Å². The van der Waals surface area contributed by atoms with E-state index in [4.69, 9.17) is 16.0 Å². The average molecular weight is 409 g/mol. The number of fused-ring (bicyclic) bond motifs is 2. The van der Waals surface area contributed by atoms with Gasteiger partial charge in [0.15, 0.2) is 17.2 Å². The van der Waals surface area contributed by atoms with Crippen molar-refractivity contribution >= 4 is 39.4 Å². The lowest BCUT2D eigenvalue weighted by Crippen LogP contribution is -2.38. The summed E-state index contributed by atoms with van der Waals surface area (Å²) in [7, 11) is 0. The Morgan fingerprint density at radius 2 is 1.90 bits per heavy atom. The summed E-state index contributed by atoms with van der Waals surface area (Å²) in [5, 5.41) is 8.11. The molecule has 7 nitrogen and oxygen atoms in total. The van der Waals surface area contributed by atoms with Crippen molar-refractivity contribution < 1.29 is 9.21 Å². The lowest BCUT2D eigenvalue weighted by Gasteiger charge is -2.30. The van der Waals surface area contributed by atoms with Gasteiger partial charge in [-0.3, -0.25) is 9.59 Å². The molecule has 0 aliphatic carbocycles. The van der Waals surface area contributed by atoms with E-state index in [0.717, 1.165) is 18.4 Å². The standard InChI is InChI=1S/C21H17ClN4O3/c22-13-5-6-17-16(11-13)23-20(29-17)12-7-9-26(10-8-12)21(28)18-14-3-1-2-4-15(14)19(27)25-24-18/h1-6,11-12H,7-10H2,(H,25,27). The Morgan fingerprint density at radius 3 is 2.69 bits per heavy atom. The van der Waals surface area contributed by atoms with Crippen LogP contribution >= 0.6 is 11.6 Å². The summed E-state index contributed by atoms with van der Waals surface area (Å²) >= 11 is 6.02. The quantitative estimate of drug-likeness (QED) is 0.545. The normalized spacial score (nSPS) is 15.3. The van der Waals surface area contributed by atoms with Gasteiger partial charge in [-0.2, -0.15) is 5.10 Å². The van der Waals surface area contributed by atoms with E-state index in [1.807, 2.05) is 6.07 Å². The molecule has 0 atom stereocenters. The Bertz CT molecular complexity index is 1290. The number of carbonyl (C=O) groups excluding carboxylic acids is 1. The molecule has 5 rings (SSSR count). The Labute approximate surface area is 170 Å². The average Bonchev–Trinajstić information content (AvgIpc) is 3.17. The number of hydrogen-bond acceptors (Lipinski definition) is 5. The number of piperidine rings is 1. The Morgan fingerprint density at radius 1 is 1.14 bits per heavy atom. The van der Waals surface area contributed by atoms with Gasteiger partial charge in [-0.25, -0.2) is 10.1 Å². The fraction of sp³-hybridized carbons (Fsp3) is 0.238. The molecule has 4 aromatic rings. The van der Waals surface area contributed by atoms with Crippen LogP contribution in [0, 0.1) is 0 Å². The van der Waals surface area contributed by atoms with Gasteiger partial charge < -0.3 is 9.32 Å². The van der Waals surface area contributed by atoms with Gasteiger partial charge in [0, 0.05) is 29.4 Å². The van der Waals surface area contributed by atoms with E-state index in [1.54, 1.807) is 41.3 Å². The second-order valence-electron chi connectivity index (χ2n) is 7.18. The molecule has 0 unspecified atom stereocenters. The summed E-state index contributed by atoms with van der Waals surface area (Å²) in [5.74, 6) is 0.646. The van der Waals surface area contributed by atoms with E-state index in [9.17, 15) is 9.59 Å². The van der Waals surface area contributed by atoms with Crippen LogP contribution in [0.25, 0.3) is 21.9 Å². The number of nitrogens with one attached hydrogen (secondary N) is 1. The van der Waals surface area contributed by atoms with Gasteiger partial charge in [-0.05, 0) is 37.1 Å². The number of aromatic amines is 1. The number of oxazole rings is 1. The van der Waals surface area contributed by atoms with Crippen LogP contribution in [0.5, 0.6) is 0 Å². The van der Waals surface area contributed by atoms with Crippen LogP contribution in [0.15, 0.2) is 51.7 Å². The smallest absolute Gasteiger partial charge is 0.274 e. The number of nitrogens with zero attached hydrogens (tertiary/aromatic N) is 3. The second-order valence-corrected chi connectivity index (χ2v) is 7.61. The third-order valence-corrected chi connectivity index (χ3v) is 5.63. The van der Waals surface area contributed by atoms with Crippen LogP contribution in [0.4, 0.5) is 0 Å². The van der Waals surface area contributed by atoms with Crippen LogP contribution in [0.1, 0.15) is 35.1 Å². The Hall–Kier alpha value is -3.19. The molecule has 0 saturated carbocycles. The van der Waals surface area contributed by atoms with Crippen LogP contribution in [-0.4, -0.2) is 39.1 Å². The highest BCUT2D eigenvalue weighted by Gasteiger charge is 2.29. The molecule has 0 radical (unpaired) electrons. The van der Waals surface area contributed by atoms with E-state index < -0.39 is 0 Å². The summed E-state index contributed by atoms with van der Waals surface area (Å²) in [6.45, 7) is 1.14. The minimum absolute atomic E-state index is 0.144. The molecule has 146 valence electrons. The van der Waals surface area contributed by atoms with Gasteiger partial charge in [0.25, 0.3) is 11.5 Å². The summed E-state index contributed by atoms with van der Waals surface area (Å²) < 4.78 is 5.89. The first-order valence-corrected chi connectivity index (χ1v) is 9.80. The Kier molecular flexibility index (Phi) is 4.32. The lowest BCUT2D eigenvalue weighted by atomic mass is 9.96. The molecule has 2 aromatic heterocycles. The molecule has 1 saturated heterocycles. The van der Waals surface area contributed by atoms with Crippen molar-refractivity contribution in [2.24, 2.45) is 0 Å². The van der Waals surface area contributed by atoms with E-state index in [0.29, 0.717) is 40.4 Å². The van der Waals surface area contributed by atoms with Crippen molar-refractivity contribution in [3.8, 4) is 0 Å². The fourth-order valence-corrected chi connectivity index (χ4v) is 4.02. The van der Waals surface area contributed by atoms with Crippen LogP contribution in [0.3, 0.4) is 0 Å². The molecular weight excluding hydrogens is 392 g/mol. The zero-order valence-corrected chi connectivity index (χ0v) is 16.1. The number of hydrogen-bond donors (Lipinski definition) is 1. The SMILES string of the molecule is O=C(c1n[nH]c(=O)c2ccccc12)N1CCC(c2nc3cc(Cl)ccc3o2)CC1. The number of carbonyl (C=O) groups is 1. The minimum Gasteiger partial charge on any atom is -0.440 e. The second kappa shape index (κ2) is 7.00. The number of H-pyrrole nitrogens is 1. The molecule has 1 amide bonds. The van der Waals surface area contributed by atoms with Gasteiger partial charge in [0.05, 0.1) is 5.39 Å². The van der Waals surface area contributed by atoms with Crippen LogP contribution in [0.2, 0.25) is 5.02 Å². The molecule has 0 spiro atoms. The van der Waals surface area contributed by atoms with Crippen molar-refractivity contribution in [3.05, 3.63) is 69.4 Å².